The quantitative estimate of drug-likeness (QED) is 0.296. The Kier molecular flexibility index (Phi) is 4.38. The van der Waals surface area contributed by atoms with Crippen LogP contribution in [0.2, 0.25) is 0 Å². The minimum Gasteiger partial charge on any atom is -0.482 e. The van der Waals surface area contributed by atoms with Crippen molar-refractivity contribution in [2.24, 2.45) is 0 Å². The van der Waals surface area contributed by atoms with Gasteiger partial charge in [0.2, 0.25) is 0 Å². The Morgan fingerprint density at radius 1 is 0.897 bits per heavy atom. The number of rotatable bonds is 3. The highest BCUT2D eigenvalue weighted by molar-refractivity contribution is 6.16. The number of fused-ring (bicyclic) bond motifs is 5. The van der Waals surface area contributed by atoms with Crippen LogP contribution >= 0.6 is 0 Å². The molecule has 0 radical (unpaired) electrons. The maximum absolute atomic E-state index is 12.4. The summed E-state index contributed by atoms with van der Waals surface area (Å²) in [7, 11) is 0. The average molecular weight is 394 g/mol. The van der Waals surface area contributed by atoms with Crippen molar-refractivity contribution in [3.05, 3.63) is 63.3 Å². The van der Waals surface area contributed by atoms with Gasteiger partial charge in [0.15, 0.2) is 12.0 Å². The Balaban J connectivity index is 1.82. The van der Waals surface area contributed by atoms with E-state index < -0.39 is 22.8 Å². The molecule has 0 saturated carbocycles. The van der Waals surface area contributed by atoms with E-state index in [0.29, 0.717) is 27.5 Å². The summed E-state index contributed by atoms with van der Waals surface area (Å²) in [4.78, 5) is 36.6. The first-order valence-corrected chi connectivity index (χ1v) is 9.00. The standard InChI is InChI=1S/C22H18O7/c1-22(2,3)29-17(23)11-26-12-8-9-14-16(10-12)28-21(25)19-18(14)13-6-4-5-7-15(13)27-20(19)24/h4-10H,11H2,1-3H3. The Bertz CT molecular complexity index is 1370. The van der Waals surface area contributed by atoms with Crippen LogP contribution in [0, 0.1) is 0 Å². The zero-order valence-electron chi connectivity index (χ0n) is 16.1. The van der Waals surface area contributed by atoms with Gasteiger partial charge in [-0.2, -0.15) is 0 Å². The molecular weight excluding hydrogens is 376 g/mol. The number of carbonyl (C=O) groups is 1. The van der Waals surface area contributed by atoms with E-state index in [2.05, 4.69) is 0 Å². The minimum atomic E-state index is -0.795. The van der Waals surface area contributed by atoms with E-state index in [1.54, 1.807) is 57.2 Å². The van der Waals surface area contributed by atoms with E-state index in [9.17, 15) is 14.4 Å². The summed E-state index contributed by atoms with van der Waals surface area (Å²) in [6.07, 6.45) is 0. The normalized spacial score (nSPS) is 11.8. The van der Waals surface area contributed by atoms with Crippen molar-refractivity contribution in [1.29, 1.82) is 0 Å². The summed E-state index contributed by atoms with van der Waals surface area (Å²) in [5.74, 6) is -0.181. The molecule has 7 heteroatoms. The van der Waals surface area contributed by atoms with Crippen molar-refractivity contribution in [2.75, 3.05) is 6.61 Å². The number of benzene rings is 2. The number of hydrogen-bond acceptors (Lipinski definition) is 7. The van der Waals surface area contributed by atoms with E-state index in [-0.39, 0.29) is 17.6 Å². The summed E-state index contributed by atoms with van der Waals surface area (Å²) in [5.41, 5.74) is -1.55. The highest BCUT2D eigenvalue weighted by atomic mass is 16.6. The lowest BCUT2D eigenvalue weighted by atomic mass is 10.0. The smallest absolute Gasteiger partial charge is 0.351 e. The zero-order valence-corrected chi connectivity index (χ0v) is 16.1. The first-order chi connectivity index (χ1) is 13.7. The van der Waals surface area contributed by atoms with Gasteiger partial charge in [0.25, 0.3) is 0 Å². The van der Waals surface area contributed by atoms with Crippen LogP contribution in [0.4, 0.5) is 0 Å². The molecule has 2 aromatic heterocycles. The Morgan fingerprint density at radius 2 is 1.55 bits per heavy atom. The molecule has 7 nitrogen and oxygen atoms in total. The number of esters is 1. The van der Waals surface area contributed by atoms with Crippen LogP contribution in [0.5, 0.6) is 5.75 Å². The number of carbonyl (C=O) groups excluding carboxylic acids is 1. The third-order valence-electron chi connectivity index (χ3n) is 4.22. The van der Waals surface area contributed by atoms with Crippen LogP contribution in [0.15, 0.2) is 60.9 Å². The molecule has 0 saturated heterocycles. The van der Waals surface area contributed by atoms with Gasteiger partial charge in [0.1, 0.15) is 22.5 Å². The van der Waals surface area contributed by atoms with E-state index in [1.165, 1.54) is 6.07 Å². The van der Waals surface area contributed by atoms with Crippen molar-refractivity contribution in [1.82, 2.24) is 0 Å². The molecule has 0 N–H and O–H groups in total. The second kappa shape index (κ2) is 6.77. The van der Waals surface area contributed by atoms with Crippen molar-refractivity contribution in [2.45, 2.75) is 26.4 Å². The lowest BCUT2D eigenvalue weighted by Crippen LogP contribution is -2.27. The van der Waals surface area contributed by atoms with Gasteiger partial charge < -0.3 is 18.3 Å². The van der Waals surface area contributed by atoms with Crippen molar-refractivity contribution in [3.8, 4) is 5.75 Å². The van der Waals surface area contributed by atoms with Crippen LogP contribution < -0.4 is 16.0 Å². The molecule has 0 amide bonds. The molecular formula is C22H18O7. The molecule has 0 aliphatic carbocycles. The summed E-state index contributed by atoms with van der Waals surface area (Å²) >= 11 is 0. The first-order valence-electron chi connectivity index (χ1n) is 9.00. The molecule has 0 bridgehead atoms. The van der Waals surface area contributed by atoms with Gasteiger partial charge in [-0.05, 0) is 39.0 Å². The second-order valence-corrected chi connectivity index (χ2v) is 7.56. The maximum Gasteiger partial charge on any atom is 0.351 e. The Hall–Kier alpha value is -3.61. The largest absolute Gasteiger partial charge is 0.482 e. The van der Waals surface area contributed by atoms with E-state index >= 15 is 0 Å². The van der Waals surface area contributed by atoms with Crippen LogP contribution in [0.3, 0.4) is 0 Å². The lowest BCUT2D eigenvalue weighted by Gasteiger charge is -2.19. The summed E-state index contributed by atoms with van der Waals surface area (Å²) in [5, 5.41) is 1.51. The van der Waals surface area contributed by atoms with Crippen LogP contribution in [0.1, 0.15) is 20.8 Å². The van der Waals surface area contributed by atoms with Crippen molar-refractivity contribution < 1.29 is 23.1 Å². The molecule has 2 aromatic carbocycles. The third-order valence-corrected chi connectivity index (χ3v) is 4.22. The summed E-state index contributed by atoms with van der Waals surface area (Å²) < 4.78 is 21.2. The van der Waals surface area contributed by atoms with E-state index in [1.807, 2.05) is 0 Å². The molecule has 0 spiro atoms. The molecule has 4 aromatic rings. The predicted molar refractivity (Wildman–Crippen MR) is 107 cm³/mol. The van der Waals surface area contributed by atoms with Gasteiger partial charge in [-0.25, -0.2) is 14.4 Å². The monoisotopic (exact) mass is 394 g/mol. The van der Waals surface area contributed by atoms with Crippen molar-refractivity contribution in [3.63, 3.8) is 0 Å². The summed E-state index contributed by atoms with van der Waals surface area (Å²) in [6.45, 7) is 5.01. The molecule has 0 aliphatic rings. The van der Waals surface area contributed by atoms with Gasteiger partial charge in [0.05, 0.1) is 0 Å². The van der Waals surface area contributed by atoms with Gasteiger partial charge in [-0.15, -0.1) is 0 Å². The van der Waals surface area contributed by atoms with Gasteiger partial charge in [-0.3, -0.25) is 0 Å². The fourth-order valence-corrected chi connectivity index (χ4v) is 3.16. The van der Waals surface area contributed by atoms with Gasteiger partial charge >= 0.3 is 17.2 Å². The molecule has 4 rings (SSSR count). The molecule has 0 unspecified atom stereocenters. The lowest BCUT2D eigenvalue weighted by molar-refractivity contribution is -0.157. The topological polar surface area (TPSA) is 96.0 Å². The summed E-state index contributed by atoms with van der Waals surface area (Å²) in [6, 6.07) is 11.8. The molecule has 0 atom stereocenters. The third kappa shape index (κ3) is 3.59. The van der Waals surface area contributed by atoms with E-state index in [0.717, 1.165) is 0 Å². The van der Waals surface area contributed by atoms with E-state index in [4.69, 9.17) is 18.3 Å². The number of hydrogen-bond donors (Lipinski definition) is 0. The first kappa shape index (κ1) is 18.7. The fraction of sp³-hybridized carbons (Fsp3) is 0.227. The maximum atomic E-state index is 12.4. The fourth-order valence-electron chi connectivity index (χ4n) is 3.16. The van der Waals surface area contributed by atoms with Crippen molar-refractivity contribution >= 4 is 38.7 Å². The van der Waals surface area contributed by atoms with Gasteiger partial charge in [0, 0.05) is 22.2 Å². The molecule has 148 valence electrons. The predicted octanol–water partition coefficient (Wildman–Crippen LogP) is 3.77. The highest BCUT2D eigenvalue weighted by Crippen LogP contribution is 2.30. The highest BCUT2D eigenvalue weighted by Gasteiger charge is 2.18. The Morgan fingerprint density at radius 3 is 2.28 bits per heavy atom. The van der Waals surface area contributed by atoms with Gasteiger partial charge in [-0.1, -0.05) is 18.2 Å². The number of para-hydroxylation sites is 1. The van der Waals surface area contributed by atoms with Crippen LogP contribution in [-0.4, -0.2) is 18.2 Å². The molecule has 0 aliphatic heterocycles. The second-order valence-electron chi connectivity index (χ2n) is 7.56. The zero-order chi connectivity index (χ0) is 20.8. The van der Waals surface area contributed by atoms with Crippen LogP contribution in [0.25, 0.3) is 32.7 Å². The molecule has 29 heavy (non-hydrogen) atoms. The van der Waals surface area contributed by atoms with Crippen LogP contribution in [-0.2, 0) is 9.53 Å². The SMILES string of the molecule is CC(C)(C)OC(=O)COc1ccc2c(c1)oc(=O)c1c(=O)oc3ccccc3c12. The number of ether oxygens (including phenoxy) is 2. The molecule has 2 heterocycles. The minimum absolute atomic E-state index is 0.140. The Labute approximate surface area is 164 Å². The molecule has 0 fully saturated rings. The average Bonchev–Trinajstić information content (AvgIpc) is 2.64.